The lowest BCUT2D eigenvalue weighted by atomic mass is 11.0. The Morgan fingerprint density at radius 3 is 3.00 bits per heavy atom. The van der Waals surface area contributed by atoms with E-state index < -0.39 is 0 Å². The second-order valence-electron chi connectivity index (χ2n) is 1.23. The van der Waals surface area contributed by atoms with Crippen LogP contribution >= 0.6 is 0 Å². The van der Waals surface area contributed by atoms with Gasteiger partial charge in [0.25, 0.3) is 0 Å². The van der Waals surface area contributed by atoms with Crippen LogP contribution in [-0.4, -0.2) is 9.66 Å². The number of nitrogens with one attached hydrogen (secondary N) is 1. The van der Waals surface area contributed by atoms with E-state index in [0.29, 0.717) is 0 Å². The molecule has 0 spiro atoms. The predicted octanol–water partition coefficient (Wildman–Crippen LogP) is 0.0717. The highest BCUT2D eigenvalue weighted by Gasteiger charge is 2.12. The van der Waals surface area contributed by atoms with Crippen LogP contribution in [0.3, 0.4) is 0 Å². The van der Waals surface area contributed by atoms with Crippen molar-refractivity contribution in [2.75, 3.05) is 5.43 Å². The van der Waals surface area contributed by atoms with Crippen molar-refractivity contribution >= 4 is 5.95 Å². The van der Waals surface area contributed by atoms with Gasteiger partial charge in [0.05, 0.1) is 0 Å². The van der Waals surface area contributed by atoms with Crippen LogP contribution < -0.4 is 5.43 Å². The molecule has 0 fully saturated rings. The molecule has 1 aromatic rings. The largest absolute Gasteiger partial charge is 0.259 e. The van der Waals surface area contributed by atoms with Gasteiger partial charge in [-0.2, -0.15) is 0 Å². The summed E-state index contributed by atoms with van der Waals surface area (Å²) < 4.78 is 1.85. The smallest absolute Gasteiger partial charge is 0.241 e. The Labute approximate surface area is 34.6 Å². The summed E-state index contributed by atoms with van der Waals surface area (Å²) >= 11 is 0. The summed E-state index contributed by atoms with van der Waals surface area (Å²) in [6.07, 6.45) is 3.63. The molecular weight excluding hydrogens is 78.1 g/mol. The van der Waals surface area contributed by atoms with E-state index in [0.717, 1.165) is 5.95 Å². The molecule has 1 aliphatic rings. The first-order valence-electron chi connectivity index (χ1n) is 1.77. The lowest BCUT2D eigenvalue weighted by molar-refractivity contribution is 1.23. The van der Waals surface area contributed by atoms with Crippen molar-refractivity contribution in [1.29, 1.82) is 0 Å². The zero-order chi connectivity index (χ0) is 3.98. The van der Waals surface area contributed by atoms with Gasteiger partial charge in [-0.1, -0.05) is 0 Å². The Morgan fingerprint density at radius 2 is 2.83 bits per heavy atom. The minimum Gasteiger partial charge on any atom is -0.259 e. The number of rotatable bonds is 0. The van der Waals surface area contributed by atoms with Crippen LogP contribution in [0.5, 0.6) is 0 Å². The van der Waals surface area contributed by atoms with Crippen LogP contribution in [-0.2, 0) is 0 Å². The number of nitrogens with zero attached hydrogens (tertiary/aromatic N) is 2. The van der Waals surface area contributed by atoms with Crippen LogP contribution in [0, 0.1) is 0 Å². The molecule has 0 saturated carbocycles. The summed E-state index contributed by atoms with van der Waals surface area (Å²) in [6, 6.07) is 0. The Morgan fingerprint density at radius 1 is 1.83 bits per heavy atom. The lowest BCUT2D eigenvalue weighted by Gasteiger charge is -1.62. The van der Waals surface area contributed by atoms with Gasteiger partial charge in [-0.15, -0.1) is 0 Å². The number of anilines is 1. The summed E-state index contributed by atoms with van der Waals surface area (Å²) in [5.74, 6) is 0.968. The first kappa shape index (κ1) is 2.23. The molecule has 0 saturated heterocycles. The molecule has 3 nitrogen and oxygen atoms in total. The molecule has 0 amide bonds. The molecule has 2 rings (SSSR count). The molecule has 0 atom stereocenters. The maximum Gasteiger partial charge on any atom is 0.241 e. The molecule has 0 aliphatic carbocycles. The molecule has 1 N–H and O–H groups in total. The van der Waals surface area contributed by atoms with Gasteiger partial charge in [0, 0.05) is 12.4 Å². The van der Waals surface area contributed by atoms with E-state index in [1.165, 1.54) is 0 Å². The highest BCUT2D eigenvalue weighted by atomic mass is 15.6. The van der Waals surface area contributed by atoms with E-state index >= 15 is 0 Å². The molecule has 30 valence electrons. The van der Waals surface area contributed by atoms with Gasteiger partial charge in [0.15, 0.2) is 0 Å². The third-order valence-corrected chi connectivity index (χ3v) is 0.811. The van der Waals surface area contributed by atoms with Crippen LogP contribution in [0.15, 0.2) is 12.4 Å². The van der Waals surface area contributed by atoms with Gasteiger partial charge in [-0.25, -0.2) is 9.66 Å². The van der Waals surface area contributed by atoms with Crippen LogP contribution in [0.1, 0.15) is 0 Å². The second-order valence-corrected chi connectivity index (χ2v) is 1.23. The van der Waals surface area contributed by atoms with Crippen molar-refractivity contribution in [2.45, 2.75) is 0 Å². The molecule has 3 heteroatoms. The summed E-state index contributed by atoms with van der Waals surface area (Å²) in [6.45, 7) is 0. The monoisotopic (exact) mass is 81.0 g/mol. The van der Waals surface area contributed by atoms with Crippen LogP contribution in [0.4, 0.5) is 5.95 Å². The van der Waals surface area contributed by atoms with E-state index in [9.17, 15) is 0 Å². The SMILES string of the molecule is c1cn2c(n1)N2. The van der Waals surface area contributed by atoms with Crippen molar-refractivity contribution < 1.29 is 0 Å². The molecule has 0 radical (unpaired) electrons. The lowest BCUT2D eigenvalue weighted by Crippen LogP contribution is -1.71. The van der Waals surface area contributed by atoms with E-state index in [4.69, 9.17) is 0 Å². The first-order valence-corrected chi connectivity index (χ1v) is 1.77. The summed E-state index contributed by atoms with van der Waals surface area (Å²) in [4.78, 5) is 3.86. The molecule has 6 heavy (non-hydrogen) atoms. The maximum absolute atomic E-state index is 3.86. The van der Waals surface area contributed by atoms with Gasteiger partial charge in [0.1, 0.15) is 0 Å². The third kappa shape index (κ3) is 0.100. The fourth-order valence-electron chi connectivity index (χ4n) is 0.452. The minimum atomic E-state index is 0.968. The molecular formula is C3H3N3. The van der Waals surface area contributed by atoms with Gasteiger partial charge in [0.2, 0.25) is 5.95 Å². The molecule has 0 aromatic carbocycles. The Kier molecular flexibility index (Phi) is 0.166. The highest BCUT2D eigenvalue weighted by Crippen LogP contribution is 2.13. The highest BCUT2D eigenvalue weighted by molar-refractivity contribution is 5.40. The topological polar surface area (TPSA) is 39.8 Å². The Balaban J connectivity index is 2.88. The molecule has 1 aromatic heterocycles. The van der Waals surface area contributed by atoms with Crippen LogP contribution in [0.25, 0.3) is 0 Å². The van der Waals surface area contributed by atoms with Gasteiger partial charge < -0.3 is 0 Å². The first-order chi connectivity index (χ1) is 2.97. The number of aromatic nitrogens is 2. The van der Waals surface area contributed by atoms with Gasteiger partial charge >= 0.3 is 0 Å². The van der Waals surface area contributed by atoms with E-state index in [1.807, 2.05) is 10.9 Å². The quantitative estimate of drug-likeness (QED) is 0.456. The van der Waals surface area contributed by atoms with Crippen molar-refractivity contribution in [3.05, 3.63) is 12.4 Å². The fourth-order valence-corrected chi connectivity index (χ4v) is 0.452. The van der Waals surface area contributed by atoms with Gasteiger partial charge in [-0.05, 0) is 0 Å². The van der Waals surface area contributed by atoms with Crippen molar-refractivity contribution in [3.8, 4) is 0 Å². The number of hydrogen-bond acceptors (Lipinski definition) is 2. The summed E-state index contributed by atoms with van der Waals surface area (Å²) in [5.41, 5.74) is 2.86. The average Bonchev–Trinajstić information content (AvgIpc) is 2.17. The normalized spacial score (nSPS) is 12.7. The Bertz CT molecular complexity index is 150. The molecule has 0 bridgehead atoms. The molecule has 0 unspecified atom stereocenters. The van der Waals surface area contributed by atoms with Crippen molar-refractivity contribution in [1.82, 2.24) is 9.66 Å². The molecule has 1 aliphatic heterocycles. The number of fused-ring (bicyclic) bond motifs is 1. The number of imidazole rings is 1. The van der Waals surface area contributed by atoms with E-state index in [-0.39, 0.29) is 0 Å². The van der Waals surface area contributed by atoms with E-state index in [2.05, 4.69) is 10.4 Å². The van der Waals surface area contributed by atoms with Crippen molar-refractivity contribution in [2.24, 2.45) is 0 Å². The second kappa shape index (κ2) is 0.448. The zero-order valence-corrected chi connectivity index (χ0v) is 3.05. The molecule has 2 heterocycles. The summed E-state index contributed by atoms with van der Waals surface area (Å²) in [7, 11) is 0. The Hall–Kier alpha value is -0.990. The average molecular weight is 81.1 g/mol. The fraction of sp³-hybridized carbons (Fsp3) is 0. The van der Waals surface area contributed by atoms with Crippen LogP contribution in [0.2, 0.25) is 0 Å². The van der Waals surface area contributed by atoms with Gasteiger partial charge in [-0.3, -0.25) is 5.43 Å². The van der Waals surface area contributed by atoms with Crippen molar-refractivity contribution in [3.63, 3.8) is 0 Å². The zero-order valence-electron chi connectivity index (χ0n) is 3.05. The number of hydrogen-bond donors (Lipinski definition) is 1. The maximum atomic E-state index is 3.86. The third-order valence-electron chi connectivity index (χ3n) is 0.811. The van der Waals surface area contributed by atoms with E-state index in [1.54, 1.807) is 6.20 Å². The standard InChI is InChI=1S/C3H3N3/c1-2-6-3(4-1)5-6/h1-2H,(H,4,5). The predicted molar refractivity (Wildman–Crippen MR) is 21.2 cm³/mol. The minimum absolute atomic E-state index is 0.968. The summed E-state index contributed by atoms with van der Waals surface area (Å²) in [5, 5.41) is 0.